The number of rotatable bonds is 4. The Labute approximate surface area is 155 Å². The fraction of sp³-hybridized carbons (Fsp3) is 0.316. The lowest BCUT2D eigenvalue weighted by Gasteiger charge is -2.33. The molecule has 1 saturated heterocycles. The highest BCUT2D eigenvalue weighted by Crippen LogP contribution is 2.09. The normalized spacial score (nSPS) is 14.1. The molecule has 1 aliphatic heterocycles. The van der Waals surface area contributed by atoms with Crippen LogP contribution in [0.2, 0.25) is 0 Å². The van der Waals surface area contributed by atoms with Crippen molar-refractivity contribution in [1.82, 2.24) is 15.1 Å². The topological polar surface area (TPSA) is 82.9 Å². The van der Waals surface area contributed by atoms with Gasteiger partial charge in [0.05, 0.1) is 6.26 Å². The lowest BCUT2D eigenvalue weighted by atomic mass is 10.1. The number of nitrogens with one attached hydrogen (secondary N) is 1. The molecule has 1 aliphatic rings. The van der Waals surface area contributed by atoms with Crippen molar-refractivity contribution < 1.29 is 23.2 Å². The summed E-state index contributed by atoms with van der Waals surface area (Å²) in [6.07, 6.45) is 1.94. The number of carbonyl (C=O) groups excluding carboxylic acids is 3. The zero-order valence-corrected chi connectivity index (χ0v) is 14.7. The van der Waals surface area contributed by atoms with E-state index in [-0.39, 0.29) is 37.1 Å². The smallest absolute Gasteiger partial charge is 0.312 e. The lowest BCUT2D eigenvalue weighted by molar-refractivity contribution is -0.146. The summed E-state index contributed by atoms with van der Waals surface area (Å²) < 4.78 is 17.9. The Morgan fingerprint density at radius 2 is 1.67 bits per heavy atom. The highest BCUT2D eigenvalue weighted by molar-refractivity contribution is 6.35. The van der Waals surface area contributed by atoms with Gasteiger partial charge in [0.1, 0.15) is 5.82 Å². The zero-order chi connectivity index (χ0) is 19.2. The average Bonchev–Trinajstić information content (AvgIpc) is 3.23. The summed E-state index contributed by atoms with van der Waals surface area (Å²) in [5.41, 5.74) is 0.870. The predicted octanol–water partition coefficient (Wildman–Crippen LogP) is 1.06. The van der Waals surface area contributed by atoms with Gasteiger partial charge in [-0.05, 0) is 36.2 Å². The molecule has 7 nitrogen and oxygen atoms in total. The van der Waals surface area contributed by atoms with Crippen molar-refractivity contribution in [3.63, 3.8) is 0 Å². The van der Waals surface area contributed by atoms with Gasteiger partial charge in [-0.3, -0.25) is 14.4 Å². The molecule has 0 bridgehead atoms. The summed E-state index contributed by atoms with van der Waals surface area (Å²) in [5, 5.41) is 2.58. The molecule has 142 valence electrons. The van der Waals surface area contributed by atoms with E-state index in [2.05, 4.69) is 5.32 Å². The van der Waals surface area contributed by atoms with Crippen molar-refractivity contribution in [2.75, 3.05) is 32.7 Å². The monoisotopic (exact) mass is 373 g/mol. The fourth-order valence-electron chi connectivity index (χ4n) is 2.86. The van der Waals surface area contributed by atoms with Gasteiger partial charge < -0.3 is 19.5 Å². The summed E-state index contributed by atoms with van der Waals surface area (Å²) in [7, 11) is 0. The third kappa shape index (κ3) is 4.72. The van der Waals surface area contributed by atoms with Crippen molar-refractivity contribution in [1.29, 1.82) is 0 Å². The van der Waals surface area contributed by atoms with Crippen LogP contribution in [0.3, 0.4) is 0 Å². The van der Waals surface area contributed by atoms with Crippen molar-refractivity contribution in [2.45, 2.75) is 6.42 Å². The maximum absolute atomic E-state index is 12.9. The van der Waals surface area contributed by atoms with Gasteiger partial charge in [-0.25, -0.2) is 4.39 Å². The number of hydrogen-bond donors (Lipinski definition) is 1. The molecule has 0 atom stereocenters. The average molecular weight is 373 g/mol. The van der Waals surface area contributed by atoms with Gasteiger partial charge in [-0.1, -0.05) is 12.1 Å². The highest BCUT2D eigenvalue weighted by Gasteiger charge is 2.28. The largest absolute Gasteiger partial charge is 0.459 e. The van der Waals surface area contributed by atoms with Crippen LogP contribution < -0.4 is 5.32 Å². The summed E-state index contributed by atoms with van der Waals surface area (Å²) >= 11 is 0. The molecule has 0 unspecified atom stereocenters. The summed E-state index contributed by atoms with van der Waals surface area (Å²) in [6, 6.07) is 9.21. The Kier molecular flexibility index (Phi) is 5.85. The quantitative estimate of drug-likeness (QED) is 0.813. The summed E-state index contributed by atoms with van der Waals surface area (Å²) in [5.74, 6) is -1.58. The molecule has 27 heavy (non-hydrogen) atoms. The van der Waals surface area contributed by atoms with E-state index in [1.165, 1.54) is 23.3 Å². The Hall–Kier alpha value is -3.16. The van der Waals surface area contributed by atoms with E-state index < -0.39 is 11.8 Å². The second-order valence-electron chi connectivity index (χ2n) is 6.19. The third-order valence-electron chi connectivity index (χ3n) is 4.39. The Morgan fingerprint density at radius 3 is 2.30 bits per heavy atom. The van der Waals surface area contributed by atoms with E-state index in [1.807, 2.05) is 0 Å². The van der Waals surface area contributed by atoms with Gasteiger partial charge in [0.25, 0.3) is 5.91 Å². The maximum Gasteiger partial charge on any atom is 0.312 e. The molecule has 0 saturated carbocycles. The molecule has 3 amide bonds. The minimum absolute atomic E-state index is 0.226. The number of benzene rings is 1. The first-order chi connectivity index (χ1) is 13.0. The van der Waals surface area contributed by atoms with E-state index in [4.69, 9.17) is 4.42 Å². The molecule has 3 rings (SSSR count). The molecule has 1 fully saturated rings. The fourth-order valence-corrected chi connectivity index (χ4v) is 2.86. The number of amides is 3. The van der Waals surface area contributed by atoms with Gasteiger partial charge in [0, 0.05) is 32.7 Å². The van der Waals surface area contributed by atoms with Crippen LogP contribution in [-0.2, 0) is 16.0 Å². The Morgan fingerprint density at radius 1 is 1.00 bits per heavy atom. The van der Waals surface area contributed by atoms with E-state index in [0.717, 1.165) is 5.56 Å². The van der Waals surface area contributed by atoms with Crippen molar-refractivity contribution in [3.8, 4) is 0 Å². The van der Waals surface area contributed by atoms with Gasteiger partial charge in [0.15, 0.2) is 5.76 Å². The van der Waals surface area contributed by atoms with Crippen LogP contribution >= 0.6 is 0 Å². The van der Waals surface area contributed by atoms with Gasteiger partial charge in [-0.15, -0.1) is 0 Å². The van der Waals surface area contributed by atoms with Gasteiger partial charge in [0.2, 0.25) is 0 Å². The molecule has 1 aromatic heterocycles. The van der Waals surface area contributed by atoms with Crippen LogP contribution in [-0.4, -0.2) is 60.2 Å². The first-order valence-electron chi connectivity index (χ1n) is 8.69. The summed E-state index contributed by atoms with van der Waals surface area (Å²) in [6.45, 7) is 1.54. The van der Waals surface area contributed by atoms with Crippen LogP contribution in [0.4, 0.5) is 4.39 Å². The van der Waals surface area contributed by atoms with Crippen molar-refractivity contribution in [2.24, 2.45) is 0 Å². The number of nitrogens with zero attached hydrogens (tertiary/aromatic N) is 2. The minimum Gasteiger partial charge on any atom is -0.459 e. The third-order valence-corrected chi connectivity index (χ3v) is 4.39. The Bertz CT molecular complexity index is 797. The van der Waals surface area contributed by atoms with Crippen molar-refractivity contribution in [3.05, 3.63) is 59.8 Å². The molecule has 2 aromatic rings. The number of carbonyl (C=O) groups is 3. The minimum atomic E-state index is -0.678. The number of furan rings is 1. The molecule has 0 spiro atoms. The van der Waals surface area contributed by atoms with Crippen LogP contribution in [0.15, 0.2) is 47.1 Å². The van der Waals surface area contributed by atoms with Crippen LogP contribution in [0.5, 0.6) is 0 Å². The second-order valence-corrected chi connectivity index (χ2v) is 6.19. The van der Waals surface area contributed by atoms with Crippen LogP contribution in [0, 0.1) is 5.82 Å². The standard InChI is InChI=1S/C19H20FN3O4/c20-15-5-3-14(4-6-15)7-8-21-17(24)19(26)23-11-9-22(10-12-23)18(25)16-2-1-13-27-16/h1-6,13H,7-12H2,(H,21,24). The van der Waals surface area contributed by atoms with Gasteiger partial charge >= 0.3 is 11.8 Å². The SMILES string of the molecule is O=C(NCCc1ccc(F)cc1)C(=O)N1CCN(C(=O)c2ccco2)CC1. The number of hydrogen-bond acceptors (Lipinski definition) is 4. The molecule has 2 heterocycles. The predicted molar refractivity (Wildman–Crippen MR) is 94.3 cm³/mol. The Balaban J connectivity index is 1.42. The highest BCUT2D eigenvalue weighted by atomic mass is 19.1. The van der Waals surface area contributed by atoms with Crippen LogP contribution in [0.25, 0.3) is 0 Å². The van der Waals surface area contributed by atoms with Crippen LogP contribution in [0.1, 0.15) is 16.1 Å². The molecule has 8 heteroatoms. The van der Waals surface area contributed by atoms with Gasteiger partial charge in [-0.2, -0.15) is 0 Å². The molecule has 1 N–H and O–H groups in total. The molecule has 0 radical (unpaired) electrons. The molecule has 1 aromatic carbocycles. The van der Waals surface area contributed by atoms with E-state index in [0.29, 0.717) is 19.5 Å². The zero-order valence-electron chi connectivity index (χ0n) is 14.7. The molecular formula is C19H20FN3O4. The number of piperazine rings is 1. The lowest BCUT2D eigenvalue weighted by Crippen LogP contribution is -2.53. The van der Waals surface area contributed by atoms with Crippen molar-refractivity contribution >= 4 is 17.7 Å². The maximum atomic E-state index is 12.9. The number of halogens is 1. The molecular weight excluding hydrogens is 353 g/mol. The van der Waals surface area contributed by atoms with E-state index in [9.17, 15) is 18.8 Å². The molecule has 0 aliphatic carbocycles. The first-order valence-corrected chi connectivity index (χ1v) is 8.69. The van der Waals surface area contributed by atoms with E-state index >= 15 is 0 Å². The first kappa shape index (κ1) is 18.6. The summed E-state index contributed by atoms with van der Waals surface area (Å²) in [4.78, 5) is 39.5. The van der Waals surface area contributed by atoms with E-state index in [1.54, 1.807) is 29.2 Å². The second kappa shape index (κ2) is 8.48.